The van der Waals surface area contributed by atoms with E-state index < -0.39 is 0 Å². The molecule has 0 aliphatic heterocycles. The van der Waals surface area contributed by atoms with Crippen LogP contribution in [-0.4, -0.2) is 16.9 Å². The Morgan fingerprint density at radius 1 is 1.80 bits per heavy atom. The molecule has 3 N–H and O–H groups in total. The fourth-order valence-corrected chi connectivity index (χ4v) is 1.22. The van der Waals surface area contributed by atoms with Gasteiger partial charge in [-0.3, -0.25) is 4.79 Å². The molecule has 0 aromatic carbocycles. The molecule has 0 aliphatic carbocycles. The third-order valence-electron chi connectivity index (χ3n) is 1.79. The summed E-state index contributed by atoms with van der Waals surface area (Å²) in [5.74, 6) is -0.357. The number of rotatable bonds is 4. The number of nitrogens with two attached hydrogens (primary N) is 1. The fourth-order valence-electron chi connectivity index (χ4n) is 1.22. The minimum absolute atomic E-state index is 0.0588. The van der Waals surface area contributed by atoms with Gasteiger partial charge in [0.1, 0.15) is 11.8 Å². The fraction of sp³-hybridized carbons (Fsp3) is 0.300. The average molecular weight is 204 g/mol. The first-order chi connectivity index (χ1) is 7.11. The Balaban J connectivity index is 2.64. The molecule has 1 unspecified atom stereocenters. The molecule has 5 nitrogen and oxygen atoms in total. The number of hydrogen-bond acceptors (Lipinski definition) is 4. The zero-order chi connectivity index (χ0) is 11.3. The highest BCUT2D eigenvalue weighted by atomic mass is 16.1. The maximum atomic E-state index is 10.6. The number of amides is 1. The molecule has 0 radical (unpaired) electrons. The molecule has 15 heavy (non-hydrogen) atoms. The molecule has 0 spiro atoms. The highest BCUT2D eigenvalue weighted by molar-refractivity contribution is 5.74. The molecular formula is C10H12N4O. The molecule has 0 bridgehead atoms. The molecule has 1 rings (SSSR count). The van der Waals surface area contributed by atoms with Crippen LogP contribution >= 0.6 is 0 Å². The summed E-state index contributed by atoms with van der Waals surface area (Å²) in [6.45, 7) is 1.84. The van der Waals surface area contributed by atoms with Gasteiger partial charge in [0.2, 0.25) is 5.91 Å². The molecule has 1 heterocycles. The van der Waals surface area contributed by atoms with Crippen LogP contribution in [-0.2, 0) is 4.79 Å². The van der Waals surface area contributed by atoms with Crippen molar-refractivity contribution in [3.05, 3.63) is 24.0 Å². The second-order valence-corrected chi connectivity index (χ2v) is 3.26. The maximum Gasteiger partial charge on any atom is 0.219 e. The number of nitriles is 1. The van der Waals surface area contributed by atoms with Crippen molar-refractivity contribution >= 4 is 11.6 Å². The smallest absolute Gasteiger partial charge is 0.219 e. The standard InChI is InChI=1S/C10H12N4O/c1-7(4-10(12)15)14-8-2-3-13-9(5-8)6-11/h2-3,5,7H,4H2,1H3,(H2,12,15)(H,13,14). The van der Waals surface area contributed by atoms with Crippen LogP contribution in [0.5, 0.6) is 0 Å². The van der Waals surface area contributed by atoms with Crippen molar-refractivity contribution in [3.63, 3.8) is 0 Å². The number of nitrogens with one attached hydrogen (secondary N) is 1. The number of hydrogen-bond donors (Lipinski definition) is 2. The first-order valence-corrected chi connectivity index (χ1v) is 4.53. The van der Waals surface area contributed by atoms with Gasteiger partial charge in [0, 0.05) is 24.3 Å². The average Bonchev–Trinajstić information content (AvgIpc) is 2.16. The second-order valence-electron chi connectivity index (χ2n) is 3.26. The summed E-state index contributed by atoms with van der Waals surface area (Å²) in [4.78, 5) is 14.5. The topological polar surface area (TPSA) is 91.8 Å². The predicted octanol–water partition coefficient (Wildman–Crippen LogP) is 0.629. The van der Waals surface area contributed by atoms with Crippen molar-refractivity contribution in [1.29, 1.82) is 5.26 Å². The van der Waals surface area contributed by atoms with Crippen LogP contribution in [0.4, 0.5) is 5.69 Å². The van der Waals surface area contributed by atoms with Crippen molar-refractivity contribution in [1.82, 2.24) is 4.98 Å². The zero-order valence-corrected chi connectivity index (χ0v) is 8.40. The molecular weight excluding hydrogens is 192 g/mol. The van der Waals surface area contributed by atoms with Crippen LogP contribution in [0.15, 0.2) is 18.3 Å². The Hall–Kier alpha value is -2.09. The lowest BCUT2D eigenvalue weighted by Crippen LogP contribution is -2.24. The van der Waals surface area contributed by atoms with Gasteiger partial charge in [-0.1, -0.05) is 0 Å². The van der Waals surface area contributed by atoms with E-state index in [4.69, 9.17) is 11.0 Å². The van der Waals surface area contributed by atoms with Gasteiger partial charge in [-0.15, -0.1) is 0 Å². The Morgan fingerprint density at radius 3 is 3.13 bits per heavy atom. The van der Waals surface area contributed by atoms with E-state index in [1.807, 2.05) is 13.0 Å². The van der Waals surface area contributed by atoms with E-state index in [0.717, 1.165) is 5.69 Å². The highest BCUT2D eigenvalue weighted by Gasteiger charge is 2.05. The maximum absolute atomic E-state index is 10.6. The number of carbonyl (C=O) groups is 1. The molecule has 5 heteroatoms. The van der Waals surface area contributed by atoms with E-state index in [2.05, 4.69) is 10.3 Å². The molecule has 1 aromatic rings. The number of carbonyl (C=O) groups excluding carboxylic acids is 1. The lowest BCUT2D eigenvalue weighted by molar-refractivity contribution is -0.118. The van der Waals surface area contributed by atoms with Gasteiger partial charge in [0.15, 0.2) is 0 Å². The Labute approximate surface area is 87.9 Å². The Bertz CT molecular complexity index is 397. The van der Waals surface area contributed by atoms with Gasteiger partial charge in [-0.05, 0) is 19.1 Å². The lowest BCUT2D eigenvalue weighted by atomic mass is 10.2. The van der Waals surface area contributed by atoms with Gasteiger partial charge in [-0.25, -0.2) is 4.98 Å². The van der Waals surface area contributed by atoms with E-state index >= 15 is 0 Å². The number of anilines is 1. The van der Waals surface area contributed by atoms with Gasteiger partial charge in [-0.2, -0.15) is 5.26 Å². The molecule has 1 aromatic heterocycles. The van der Waals surface area contributed by atoms with Crippen LogP contribution in [0, 0.1) is 11.3 Å². The van der Waals surface area contributed by atoms with Crippen molar-refractivity contribution in [2.45, 2.75) is 19.4 Å². The number of primary amides is 1. The summed E-state index contributed by atoms with van der Waals surface area (Å²) in [5.41, 5.74) is 6.16. The van der Waals surface area contributed by atoms with E-state index in [-0.39, 0.29) is 18.4 Å². The van der Waals surface area contributed by atoms with E-state index in [0.29, 0.717) is 5.69 Å². The van der Waals surface area contributed by atoms with Crippen molar-refractivity contribution in [2.24, 2.45) is 5.73 Å². The predicted molar refractivity (Wildman–Crippen MR) is 55.8 cm³/mol. The third kappa shape index (κ3) is 3.65. The minimum atomic E-state index is -0.357. The summed E-state index contributed by atoms with van der Waals surface area (Å²) in [7, 11) is 0. The second kappa shape index (κ2) is 4.96. The Morgan fingerprint density at radius 2 is 2.53 bits per heavy atom. The zero-order valence-electron chi connectivity index (χ0n) is 8.40. The largest absolute Gasteiger partial charge is 0.382 e. The van der Waals surface area contributed by atoms with Crippen molar-refractivity contribution in [2.75, 3.05) is 5.32 Å². The minimum Gasteiger partial charge on any atom is -0.382 e. The van der Waals surface area contributed by atoms with Crippen LogP contribution in [0.25, 0.3) is 0 Å². The molecule has 1 amide bonds. The SMILES string of the molecule is CC(CC(N)=O)Nc1ccnc(C#N)c1. The molecule has 0 fully saturated rings. The van der Waals surface area contributed by atoms with Gasteiger partial charge < -0.3 is 11.1 Å². The van der Waals surface area contributed by atoms with Gasteiger partial charge in [0.25, 0.3) is 0 Å². The highest BCUT2D eigenvalue weighted by Crippen LogP contribution is 2.09. The quantitative estimate of drug-likeness (QED) is 0.752. The van der Waals surface area contributed by atoms with E-state index in [1.165, 1.54) is 6.20 Å². The summed E-state index contributed by atoms with van der Waals surface area (Å²) >= 11 is 0. The van der Waals surface area contributed by atoms with Crippen LogP contribution in [0.1, 0.15) is 19.0 Å². The first kappa shape index (κ1) is 11.0. The van der Waals surface area contributed by atoms with Gasteiger partial charge in [0.05, 0.1) is 0 Å². The molecule has 0 saturated carbocycles. The van der Waals surface area contributed by atoms with Crippen molar-refractivity contribution < 1.29 is 4.79 Å². The first-order valence-electron chi connectivity index (χ1n) is 4.53. The van der Waals surface area contributed by atoms with E-state index in [1.54, 1.807) is 12.1 Å². The summed E-state index contributed by atoms with van der Waals surface area (Å²) in [5, 5.41) is 11.7. The molecule has 78 valence electrons. The van der Waals surface area contributed by atoms with Crippen molar-refractivity contribution in [3.8, 4) is 6.07 Å². The number of nitrogens with zero attached hydrogens (tertiary/aromatic N) is 2. The monoisotopic (exact) mass is 204 g/mol. The molecule has 1 atom stereocenters. The Kier molecular flexibility index (Phi) is 3.63. The lowest BCUT2D eigenvalue weighted by Gasteiger charge is -2.12. The normalized spacial score (nSPS) is 11.5. The summed E-state index contributed by atoms with van der Waals surface area (Å²) < 4.78 is 0. The number of pyridine rings is 1. The molecule has 0 saturated heterocycles. The third-order valence-corrected chi connectivity index (χ3v) is 1.79. The van der Waals surface area contributed by atoms with Gasteiger partial charge >= 0.3 is 0 Å². The summed E-state index contributed by atoms with van der Waals surface area (Å²) in [6, 6.07) is 5.24. The van der Waals surface area contributed by atoms with Crippen LogP contribution in [0.3, 0.4) is 0 Å². The van der Waals surface area contributed by atoms with Crippen LogP contribution in [0.2, 0.25) is 0 Å². The molecule has 0 aliphatic rings. The summed E-state index contributed by atoms with van der Waals surface area (Å²) in [6.07, 6.45) is 1.79. The van der Waals surface area contributed by atoms with Crippen LogP contribution < -0.4 is 11.1 Å². The van der Waals surface area contributed by atoms with E-state index in [9.17, 15) is 4.79 Å². The number of aromatic nitrogens is 1.